The van der Waals surface area contributed by atoms with E-state index >= 15 is 0 Å². The van der Waals surface area contributed by atoms with Crippen molar-refractivity contribution in [3.63, 3.8) is 0 Å². The maximum atomic E-state index is 13.1. The van der Waals surface area contributed by atoms with Crippen molar-refractivity contribution in [2.75, 3.05) is 5.75 Å². The molecule has 0 heterocycles. The quantitative estimate of drug-likeness (QED) is 0.532. The molecule has 0 spiro atoms. The van der Waals surface area contributed by atoms with E-state index < -0.39 is 6.04 Å². The lowest BCUT2D eigenvalue weighted by Crippen LogP contribution is -2.49. The molecule has 0 bridgehead atoms. The van der Waals surface area contributed by atoms with Gasteiger partial charge < -0.3 is 10.2 Å². The van der Waals surface area contributed by atoms with Gasteiger partial charge in [-0.25, -0.2) is 0 Å². The summed E-state index contributed by atoms with van der Waals surface area (Å²) in [6, 6.07) is 12.7. The fourth-order valence-corrected chi connectivity index (χ4v) is 4.40. The number of benzene rings is 2. The molecule has 0 unspecified atom stereocenters. The van der Waals surface area contributed by atoms with E-state index in [9.17, 15) is 9.59 Å². The van der Waals surface area contributed by atoms with E-state index in [1.54, 1.807) is 24.0 Å². The van der Waals surface area contributed by atoms with Gasteiger partial charge in [0.2, 0.25) is 11.8 Å². The van der Waals surface area contributed by atoms with Gasteiger partial charge in [0.25, 0.3) is 0 Å². The number of nitrogens with one attached hydrogen (secondary N) is 1. The minimum Gasteiger partial charge on any atom is -0.352 e. The molecule has 0 aromatic heterocycles. The molecule has 30 heavy (non-hydrogen) atoms. The number of hydrogen-bond donors (Lipinski definition) is 1. The Morgan fingerprint density at radius 1 is 1.07 bits per heavy atom. The maximum Gasteiger partial charge on any atom is 0.242 e. The Bertz CT molecular complexity index is 889. The Balaban J connectivity index is 2.10. The predicted octanol–water partition coefficient (Wildman–Crippen LogP) is 5.48. The van der Waals surface area contributed by atoms with Crippen LogP contribution in [0, 0.1) is 6.92 Å². The molecule has 0 aliphatic carbocycles. The third-order valence-electron chi connectivity index (χ3n) is 4.70. The van der Waals surface area contributed by atoms with Crippen LogP contribution in [0.2, 0.25) is 10.0 Å². The lowest BCUT2D eigenvalue weighted by atomic mass is 10.1. The summed E-state index contributed by atoms with van der Waals surface area (Å²) in [6.45, 7) is 7.98. The summed E-state index contributed by atoms with van der Waals surface area (Å²) in [4.78, 5) is 27.3. The summed E-state index contributed by atoms with van der Waals surface area (Å²) in [7, 11) is 0. The topological polar surface area (TPSA) is 49.4 Å². The van der Waals surface area contributed by atoms with Crippen LogP contribution in [0.4, 0.5) is 0 Å². The summed E-state index contributed by atoms with van der Waals surface area (Å²) in [5.41, 5.74) is 3.04. The number of carbonyl (C=O) groups is 2. The molecule has 2 rings (SSSR count). The first-order chi connectivity index (χ1) is 14.2. The lowest BCUT2D eigenvalue weighted by molar-refractivity contribution is -0.138. The highest BCUT2D eigenvalue weighted by Crippen LogP contribution is 2.25. The molecule has 0 aliphatic heterocycles. The summed E-state index contributed by atoms with van der Waals surface area (Å²) in [5.74, 6) is 0.605. The predicted molar refractivity (Wildman–Crippen MR) is 127 cm³/mol. The first-order valence-electron chi connectivity index (χ1n) is 9.85. The van der Waals surface area contributed by atoms with Crippen molar-refractivity contribution in [3.8, 4) is 0 Å². The van der Waals surface area contributed by atoms with Crippen molar-refractivity contribution < 1.29 is 9.59 Å². The highest BCUT2D eigenvalue weighted by atomic mass is 35.5. The molecule has 2 aromatic carbocycles. The Morgan fingerprint density at radius 2 is 1.77 bits per heavy atom. The van der Waals surface area contributed by atoms with Gasteiger partial charge in [0.05, 0.1) is 5.75 Å². The smallest absolute Gasteiger partial charge is 0.242 e. The van der Waals surface area contributed by atoms with Gasteiger partial charge in [-0.05, 0) is 56.5 Å². The molecule has 1 N–H and O–H groups in total. The zero-order valence-corrected chi connectivity index (χ0v) is 20.1. The fourth-order valence-electron chi connectivity index (χ4n) is 2.93. The van der Waals surface area contributed by atoms with E-state index in [-0.39, 0.29) is 23.6 Å². The molecule has 0 saturated carbocycles. The first kappa shape index (κ1) is 24.6. The van der Waals surface area contributed by atoms with Crippen LogP contribution in [0.5, 0.6) is 0 Å². The molecule has 0 saturated heterocycles. The minimum atomic E-state index is -0.570. The zero-order chi connectivity index (χ0) is 22.3. The fraction of sp³-hybridized carbons (Fsp3) is 0.391. The SMILES string of the molecule is Cc1ccccc1CN(C(=O)CSCc1ccc(Cl)cc1Cl)[C@@H](C)C(=O)NC(C)C. The molecule has 2 aromatic rings. The van der Waals surface area contributed by atoms with Gasteiger partial charge in [0, 0.05) is 28.4 Å². The third-order valence-corrected chi connectivity index (χ3v) is 6.25. The van der Waals surface area contributed by atoms with Crippen molar-refractivity contribution in [2.24, 2.45) is 0 Å². The highest BCUT2D eigenvalue weighted by molar-refractivity contribution is 7.99. The number of aryl methyl sites for hydroxylation is 1. The molecule has 4 nitrogen and oxygen atoms in total. The van der Waals surface area contributed by atoms with Crippen molar-refractivity contribution in [1.29, 1.82) is 0 Å². The van der Waals surface area contributed by atoms with Crippen LogP contribution in [0.15, 0.2) is 42.5 Å². The second kappa shape index (κ2) is 11.6. The van der Waals surface area contributed by atoms with Gasteiger partial charge in [-0.1, -0.05) is 53.5 Å². The molecule has 0 radical (unpaired) electrons. The van der Waals surface area contributed by atoms with Crippen molar-refractivity contribution >= 4 is 46.8 Å². The van der Waals surface area contributed by atoms with Crippen LogP contribution < -0.4 is 5.32 Å². The Hall–Kier alpha value is -1.69. The largest absolute Gasteiger partial charge is 0.352 e. The van der Waals surface area contributed by atoms with E-state index in [2.05, 4.69) is 5.32 Å². The summed E-state index contributed by atoms with van der Waals surface area (Å²) in [6.07, 6.45) is 0. The van der Waals surface area contributed by atoms with Gasteiger partial charge >= 0.3 is 0 Å². The number of carbonyl (C=O) groups excluding carboxylic acids is 2. The van der Waals surface area contributed by atoms with E-state index in [1.807, 2.05) is 51.1 Å². The molecule has 0 aliphatic rings. The van der Waals surface area contributed by atoms with Crippen LogP contribution in [0.3, 0.4) is 0 Å². The first-order valence-corrected chi connectivity index (χ1v) is 11.8. The lowest BCUT2D eigenvalue weighted by Gasteiger charge is -2.30. The standard InChI is InChI=1S/C23H28Cl2N2O2S/c1-15(2)26-23(29)17(4)27(12-18-8-6-5-7-16(18)3)22(28)14-30-13-19-9-10-20(24)11-21(19)25/h5-11,15,17H,12-14H2,1-4H3,(H,26,29)/t17-/m0/s1. The second-order valence-corrected chi connectivity index (χ2v) is 9.35. The summed E-state index contributed by atoms with van der Waals surface area (Å²) >= 11 is 13.6. The molecular weight excluding hydrogens is 439 g/mol. The van der Waals surface area contributed by atoms with Gasteiger partial charge in [-0.15, -0.1) is 11.8 Å². The number of hydrogen-bond acceptors (Lipinski definition) is 3. The van der Waals surface area contributed by atoms with Crippen LogP contribution >= 0.6 is 35.0 Å². The van der Waals surface area contributed by atoms with Crippen molar-refractivity contribution in [2.45, 2.75) is 52.1 Å². The normalized spacial score (nSPS) is 12.0. The third kappa shape index (κ3) is 7.22. The zero-order valence-electron chi connectivity index (χ0n) is 17.7. The Kier molecular flexibility index (Phi) is 9.53. The van der Waals surface area contributed by atoms with Crippen LogP contribution in [0.25, 0.3) is 0 Å². The number of thioether (sulfide) groups is 1. The average Bonchev–Trinajstić information content (AvgIpc) is 2.68. The van der Waals surface area contributed by atoms with Gasteiger partial charge in [0.15, 0.2) is 0 Å². The highest BCUT2D eigenvalue weighted by Gasteiger charge is 2.26. The van der Waals surface area contributed by atoms with Crippen LogP contribution in [-0.4, -0.2) is 34.6 Å². The van der Waals surface area contributed by atoms with Gasteiger partial charge in [-0.3, -0.25) is 9.59 Å². The molecule has 2 amide bonds. The van der Waals surface area contributed by atoms with Crippen molar-refractivity contribution in [1.82, 2.24) is 10.2 Å². The van der Waals surface area contributed by atoms with Gasteiger partial charge in [-0.2, -0.15) is 0 Å². The monoisotopic (exact) mass is 466 g/mol. The number of halogens is 2. The van der Waals surface area contributed by atoms with Crippen molar-refractivity contribution in [3.05, 3.63) is 69.2 Å². The molecule has 0 fully saturated rings. The van der Waals surface area contributed by atoms with E-state index in [1.165, 1.54) is 11.8 Å². The second-order valence-electron chi connectivity index (χ2n) is 7.52. The average molecular weight is 467 g/mol. The maximum absolute atomic E-state index is 13.1. The van der Waals surface area contributed by atoms with E-state index in [0.29, 0.717) is 22.3 Å². The van der Waals surface area contributed by atoms with Crippen LogP contribution in [0.1, 0.15) is 37.5 Å². The number of rotatable bonds is 9. The summed E-state index contributed by atoms with van der Waals surface area (Å²) < 4.78 is 0. The number of nitrogens with zero attached hydrogens (tertiary/aromatic N) is 1. The molecule has 162 valence electrons. The molecule has 7 heteroatoms. The van der Waals surface area contributed by atoms with Gasteiger partial charge in [0.1, 0.15) is 6.04 Å². The molecule has 1 atom stereocenters. The minimum absolute atomic E-state index is 0.0109. The van der Waals surface area contributed by atoms with Crippen LogP contribution in [-0.2, 0) is 21.9 Å². The Labute approximate surface area is 193 Å². The van der Waals surface area contributed by atoms with E-state index in [4.69, 9.17) is 23.2 Å². The van der Waals surface area contributed by atoms with E-state index in [0.717, 1.165) is 16.7 Å². The molecular formula is C23H28Cl2N2O2S. The Morgan fingerprint density at radius 3 is 2.40 bits per heavy atom. The summed E-state index contributed by atoms with van der Waals surface area (Å²) in [5, 5.41) is 4.07. The number of amides is 2.